The predicted octanol–water partition coefficient (Wildman–Crippen LogP) is 5.89. The molecule has 2 aromatic rings. The summed E-state index contributed by atoms with van der Waals surface area (Å²) in [5, 5.41) is 13.3. The van der Waals surface area contributed by atoms with Crippen molar-refractivity contribution in [2.75, 3.05) is 32.6 Å². The Labute approximate surface area is 246 Å². The molecule has 1 aromatic carbocycles. The number of hydrogen-bond donors (Lipinski definition) is 1. The first kappa shape index (κ1) is 31.2. The monoisotopic (exact) mass is 582 g/mol. The first-order chi connectivity index (χ1) is 19.3. The summed E-state index contributed by atoms with van der Waals surface area (Å²) in [6, 6.07) is 7.85. The zero-order chi connectivity index (χ0) is 29.2. The molecule has 2 heterocycles. The number of nitrogens with one attached hydrogen (secondary N) is 1. The average molecular weight is 583 g/mol. The number of ether oxygens (including phenoxy) is 2. The third-order valence-corrected chi connectivity index (χ3v) is 8.24. The Kier molecular flexibility index (Phi) is 11.6. The number of anilines is 1. The van der Waals surface area contributed by atoms with Gasteiger partial charge in [-0.25, -0.2) is 0 Å². The number of hydrogen-bond acceptors (Lipinski definition) is 8. The van der Waals surface area contributed by atoms with Gasteiger partial charge >= 0.3 is 0 Å². The average Bonchev–Trinajstić information content (AvgIpc) is 3.22. The van der Waals surface area contributed by atoms with Crippen molar-refractivity contribution in [1.82, 2.24) is 9.47 Å². The van der Waals surface area contributed by atoms with Crippen LogP contribution in [0.5, 0.6) is 11.5 Å². The second-order valence-electron chi connectivity index (χ2n) is 9.59. The van der Waals surface area contributed by atoms with Crippen LogP contribution >= 0.6 is 24.0 Å². The zero-order valence-electron chi connectivity index (χ0n) is 24.0. The smallest absolute Gasteiger partial charge is 0.270 e. The number of thioether (sulfide) groups is 1. The second-order valence-corrected chi connectivity index (χ2v) is 11.3. The minimum Gasteiger partial charge on any atom is -0.493 e. The third kappa shape index (κ3) is 7.07. The van der Waals surface area contributed by atoms with Crippen molar-refractivity contribution in [1.29, 1.82) is 5.26 Å². The number of carbonyl (C=O) groups excluding carboxylic acids is 1. The SMILES string of the molecule is CCCCCCN1C(=O)/C(=C\c2c(C)c(C#N)c(=O)n(CCC)c2NCCc2ccc(OC)c(OC)c2)SC1=S. The highest BCUT2D eigenvalue weighted by Gasteiger charge is 2.32. The first-order valence-corrected chi connectivity index (χ1v) is 14.9. The van der Waals surface area contributed by atoms with Crippen LogP contribution in [0.15, 0.2) is 27.9 Å². The Morgan fingerprint density at radius 1 is 1.07 bits per heavy atom. The molecule has 0 bridgehead atoms. The molecule has 3 rings (SSSR count). The van der Waals surface area contributed by atoms with Gasteiger partial charge in [-0.15, -0.1) is 0 Å². The van der Waals surface area contributed by atoms with Crippen LogP contribution < -0.4 is 20.3 Å². The van der Waals surface area contributed by atoms with Gasteiger partial charge in [-0.05, 0) is 55.5 Å². The molecular weight excluding hydrogens is 544 g/mol. The first-order valence-electron chi connectivity index (χ1n) is 13.7. The molecule has 1 saturated heterocycles. The van der Waals surface area contributed by atoms with E-state index in [1.807, 2.05) is 25.1 Å². The van der Waals surface area contributed by atoms with Gasteiger partial charge < -0.3 is 14.8 Å². The number of rotatable bonds is 14. The molecule has 0 aliphatic carbocycles. The Balaban J connectivity index is 1.97. The van der Waals surface area contributed by atoms with Crippen LogP contribution in [0.1, 0.15) is 68.2 Å². The van der Waals surface area contributed by atoms with Crippen LogP contribution in [-0.2, 0) is 17.8 Å². The molecule has 0 saturated carbocycles. The lowest BCUT2D eigenvalue weighted by Crippen LogP contribution is -2.29. The van der Waals surface area contributed by atoms with E-state index in [2.05, 4.69) is 18.3 Å². The number of pyridine rings is 1. The number of benzene rings is 1. The molecule has 1 aromatic heterocycles. The molecule has 1 amide bonds. The molecular formula is C30H38N4O4S2. The van der Waals surface area contributed by atoms with Gasteiger partial charge in [0.1, 0.15) is 21.8 Å². The lowest BCUT2D eigenvalue weighted by molar-refractivity contribution is -0.122. The minimum atomic E-state index is -0.337. The maximum atomic E-state index is 13.3. The molecule has 0 spiro atoms. The summed E-state index contributed by atoms with van der Waals surface area (Å²) in [4.78, 5) is 28.8. The van der Waals surface area contributed by atoms with Crippen LogP contribution in [-0.4, -0.2) is 47.0 Å². The van der Waals surface area contributed by atoms with E-state index in [0.717, 1.165) is 31.2 Å². The van der Waals surface area contributed by atoms with Gasteiger partial charge in [0, 0.05) is 25.2 Å². The maximum absolute atomic E-state index is 13.3. The van der Waals surface area contributed by atoms with Gasteiger partial charge in [0.25, 0.3) is 11.5 Å². The largest absolute Gasteiger partial charge is 0.493 e. The summed E-state index contributed by atoms with van der Waals surface area (Å²) in [7, 11) is 3.20. The zero-order valence-corrected chi connectivity index (χ0v) is 25.6. The van der Waals surface area contributed by atoms with Crippen LogP contribution in [0.2, 0.25) is 0 Å². The molecule has 8 nitrogen and oxygen atoms in total. The van der Waals surface area contributed by atoms with Crippen molar-refractivity contribution < 1.29 is 14.3 Å². The van der Waals surface area contributed by atoms with E-state index < -0.39 is 0 Å². The lowest BCUT2D eigenvalue weighted by Gasteiger charge is -2.20. The van der Waals surface area contributed by atoms with Crippen LogP contribution in [0.25, 0.3) is 6.08 Å². The Morgan fingerprint density at radius 2 is 1.82 bits per heavy atom. The van der Waals surface area contributed by atoms with E-state index in [1.54, 1.807) is 36.7 Å². The number of nitrogens with zero attached hydrogens (tertiary/aromatic N) is 3. The molecule has 0 radical (unpaired) electrons. The van der Waals surface area contributed by atoms with E-state index in [1.165, 1.54) is 11.8 Å². The predicted molar refractivity (Wildman–Crippen MR) is 166 cm³/mol. The summed E-state index contributed by atoms with van der Waals surface area (Å²) in [6.45, 7) is 7.44. The number of thiocarbonyl (C=S) groups is 1. The Hall–Kier alpha value is -3.29. The highest BCUT2D eigenvalue weighted by Crippen LogP contribution is 2.35. The summed E-state index contributed by atoms with van der Waals surface area (Å²) < 4.78 is 12.9. The molecule has 10 heteroatoms. The van der Waals surface area contributed by atoms with E-state index in [4.69, 9.17) is 21.7 Å². The van der Waals surface area contributed by atoms with E-state index in [9.17, 15) is 14.9 Å². The van der Waals surface area contributed by atoms with Gasteiger partial charge in [0.2, 0.25) is 0 Å². The standard InChI is InChI=1S/C30H38N4O4S2/c1-6-8-9-10-16-34-29(36)26(40-30(34)39)18-22-20(3)23(19-31)28(35)33(15-7-2)27(22)32-14-13-21-11-12-24(37-4)25(17-21)38-5/h11-12,17-18,32H,6-10,13-16H2,1-5H3/b26-18+. The fraction of sp³-hybridized carbons (Fsp3) is 0.467. The highest BCUT2D eigenvalue weighted by atomic mass is 32.2. The number of aromatic nitrogens is 1. The molecule has 1 N–H and O–H groups in total. The summed E-state index contributed by atoms with van der Waals surface area (Å²) in [5.74, 6) is 1.77. The fourth-order valence-electron chi connectivity index (χ4n) is 4.67. The molecule has 0 atom stereocenters. The van der Waals surface area contributed by atoms with Gasteiger partial charge in [-0.2, -0.15) is 5.26 Å². The number of carbonyl (C=O) groups is 1. The van der Waals surface area contributed by atoms with Crippen LogP contribution in [0, 0.1) is 18.3 Å². The Bertz CT molecular complexity index is 1380. The summed E-state index contributed by atoms with van der Waals surface area (Å²) in [5.41, 5.74) is 1.98. The molecule has 1 aliphatic rings. The molecule has 40 heavy (non-hydrogen) atoms. The third-order valence-electron chi connectivity index (χ3n) is 6.86. The van der Waals surface area contributed by atoms with Crippen molar-refractivity contribution in [3.8, 4) is 17.6 Å². The Morgan fingerprint density at radius 3 is 2.48 bits per heavy atom. The molecule has 0 unspecified atom stereocenters. The van der Waals surface area contributed by atoms with E-state index >= 15 is 0 Å². The van der Waals surface area contributed by atoms with Crippen molar-refractivity contribution in [3.05, 3.63) is 55.7 Å². The van der Waals surface area contributed by atoms with Crippen molar-refractivity contribution in [2.45, 2.75) is 65.8 Å². The number of amides is 1. The number of methoxy groups -OCH3 is 2. The normalized spacial score (nSPS) is 14.1. The van der Waals surface area contributed by atoms with Crippen molar-refractivity contribution >= 4 is 46.1 Å². The van der Waals surface area contributed by atoms with E-state index in [0.29, 0.717) is 70.1 Å². The van der Waals surface area contributed by atoms with Crippen molar-refractivity contribution in [3.63, 3.8) is 0 Å². The second kappa shape index (κ2) is 14.9. The van der Waals surface area contributed by atoms with Gasteiger partial charge in [0.15, 0.2) is 11.5 Å². The maximum Gasteiger partial charge on any atom is 0.270 e. The van der Waals surface area contributed by atoms with Crippen molar-refractivity contribution in [2.24, 2.45) is 0 Å². The van der Waals surface area contributed by atoms with Gasteiger partial charge in [-0.1, -0.05) is 63.2 Å². The highest BCUT2D eigenvalue weighted by molar-refractivity contribution is 8.26. The lowest BCUT2D eigenvalue weighted by atomic mass is 10.0. The molecule has 214 valence electrons. The number of unbranched alkanes of at least 4 members (excludes halogenated alkanes) is 3. The van der Waals surface area contributed by atoms with Gasteiger partial charge in [-0.3, -0.25) is 19.1 Å². The van der Waals surface area contributed by atoms with E-state index in [-0.39, 0.29) is 17.0 Å². The topological polar surface area (TPSA) is 96.6 Å². The summed E-state index contributed by atoms with van der Waals surface area (Å²) in [6.07, 6.45) is 7.33. The van der Waals surface area contributed by atoms with Gasteiger partial charge in [0.05, 0.1) is 19.1 Å². The van der Waals surface area contributed by atoms with Crippen LogP contribution in [0.3, 0.4) is 0 Å². The molecule has 1 fully saturated rings. The minimum absolute atomic E-state index is 0.0835. The molecule has 1 aliphatic heterocycles. The number of nitriles is 1. The fourth-order valence-corrected chi connectivity index (χ4v) is 5.96. The van der Waals surface area contributed by atoms with Crippen LogP contribution in [0.4, 0.5) is 5.82 Å². The quantitative estimate of drug-likeness (QED) is 0.167. The summed E-state index contributed by atoms with van der Waals surface area (Å²) >= 11 is 6.81.